The third-order valence-corrected chi connectivity index (χ3v) is 13.4. The van der Waals surface area contributed by atoms with Crippen molar-refractivity contribution >= 4 is 34.7 Å². The van der Waals surface area contributed by atoms with E-state index >= 15 is 0 Å². The van der Waals surface area contributed by atoms with Crippen LogP contribution in [0.2, 0.25) is 0 Å². The summed E-state index contributed by atoms with van der Waals surface area (Å²) in [5.74, 6) is 0.297. The van der Waals surface area contributed by atoms with Crippen LogP contribution in [0.15, 0.2) is 182 Å². The number of phenols is 4. The maximum Gasteiger partial charge on any atom is 0.333 e. The number of carbonyl (C=O) groups is 2. The predicted octanol–water partition coefficient (Wildman–Crippen LogP) is 9.73. The van der Waals surface area contributed by atoms with Crippen LogP contribution in [0.3, 0.4) is 0 Å². The third kappa shape index (κ3) is 11.7. The summed E-state index contributed by atoms with van der Waals surface area (Å²) >= 11 is 0. The molecule has 8 aromatic rings. The van der Waals surface area contributed by atoms with E-state index in [0.29, 0.717) is 34.0 Å². The lowest BCUT2D eigenvalue weighted by atomic mass is 9.68. The molecule has 16 nitrogen and oxygen atoms in total. The predicted molar refractivity (Wildman–Crippen MR) is 301 cm³/mol. The highest BCUT2D eigenvalue weighted by atomic mass is 16.5. The summed E-state index contributed by atoms with van der Waals surface area (Å²) in [6.45, 7) is 5.05. The molecular weight excluding hydrogens is 991 g/mol. The van der Waals surface area contributed by atoms with Crippen LogP contribution < -0.4 is 36.5 Å². The number of aromatic hydroxyl groups is 4. The minimum absolute atomic E-state index is 0.0104. The van der Waals surface area contributed by atoms with E-state index < -0.39 is 29.6 Å². The normalized spacial score (nSPS) is 12.8. The number of nitrogens with two attached hydrogens (primary N) is 1. The molecule has 2 atom stereocenters. The summed E-state index contributed by atoms with van der Waals surface area (Å²) in [6.07, 6.45) is -1.91. The molecule has 0 bridgehead atoms. The zero-order valence-electron chi connectivity index (χ0n) is 42.6. The Morgan fingerprint density at radius 3 is 1.45 bits per heavy atom. The monoisotopic (exact) mass is 1050 g/mol. The van der Waals surface area contributed by atoms with Gasteiger partial charge >= 0.3 is 12.0 Å². The Hall–Kier alpha value is -9.64. The number of hydrogen-bond acceptors (Lipinski definition) is 14. The molecule has 2 unspecified atom stereocenters. The number of urea groups is 1. The number of nitrogens with one attached hydrogen (secondary N) is 4. The number of phenolic OH excluding ortho intramolecular Hbond substituents is 4. The van der Waals surface area contributed by atoms with Gasteiger partial charge in [0.05, 0.1) is 34.7 Å². The van der Waals surface area contributed by atoms with Gasteiger partial charge in [-0.25, -0.2) is 9.59 Å². The van der Waals surface area contributed by atoms with Gasteiger partial charge in [0, 0.05) is 18.7 Å². The van der Waals surface area contributed by atoms with Gasteiger partial charge in [-0.1, -0.05) is 104 Å². The second-order valence-corrected chi connectivity index (χ2v) is 18.8. The highest BCUT2D eigenvalue weighted by molar-refractivity contribution is 5.92. The van der Waals surface area contributed by atoms with Crippen LogP contribution in [-0.4, -0.2) is 94.3 Å². The van der Waals surface area contributed by atoms with E-state index in [9.17, 15) is 40.2 Å². The van der Waals surface area contributed by atoms with Crippen LogP contribution in [-0.2, 0) is 14.9 Å². The Kier molecular flexibility index (Phi) is 16.0. The van der Waals surface area contributed by atoms with Crippen molar-refractivity contribution in [2.75, 3.05) is 61.1 Å². The zero-order valence-corrected chi connectivity index (χ0v) is 42.6. The minimum atomic E-state index is -0.985. The Balaban J connectivity index is 0.835. The van der Waals surface area contributed by atoms with Crippen LogP contribution in [0.25, 0.3) is 33.4 Å². The van der Waals surface area contributed by atoms with Crippen molar-refractivity contribution in [3.05, 3.63) is 204 Å². The van der Waals surface area contributed by atoms with Crippen LogP contribution in [0.1, 0.15) is 29.2 Å². The fraction of sp³-hybridized carbons (Fsp3) is 0.161. The fourth-order valence-electron chi connectivity index (χ4n) is 9.45. The Morgan fingerprint density at radius 1 is 0.564 bits per heavy atom. The second kappa shape index (κ2) is 23.5. The van der Waals surface area contributed by atoms with Gasteiger partial charge in [-0.05, 0) is 135 Å². The van der Waals surface area contributed by atoms with Gasteiger partial charge in [0.1, 0.15) is 66.5 Å². The van der Waals surface area contributed by atoms with Crippen molar-refractivity contribution in [3.8, 4) is 67.9 Å². The quantitative estimate of drug-likeness (QED) is 0.0105. The molecule has 9 rings (SSSR count). The average molecular weight is 1050 g/mol. The van der Waals surface area contributed by atoms with Crippen molar-refractivity contribution in [1.82, 2.24) is 5.32 Å². The highest BCUT2D eigenvalue weighted by Gasteiger charge is 2.46. The summed E-state index contributed by atoms with van der Waals surface area (Å²) in [5.41, 5.74) is 15.7. The lowest BCUT2D eigenvalue weighted by Gasteiger charge is -2.34. The number of nitrogen functional groups attached to an aromatic ring is 1. The van der Waals surface area contributed by atoms with E-state index in [4.69, 9.17) is 19.9 Å². The largest absolute Gasteiger partial charge is 0.506 e. The topological polar surface area (TPSA) is 257 Å². The molecule has 398 valence electrons. The number of rotatable bonds is 21. The molecule has 16 heteroatoms. The lowest BCUT2D eigenvalue weighted by molar-refractivity contribution is -0.138. The Morgan fingerprint density at radius 2 is 0.987 bits per heavy atom. The number of aliphatic hydroxyl groups excluding tert-OH is 2. The molecule has 0 saturated heterocycles. The number of benzene rings is 8. The number of ether oxygens (including phenoxy) is 3. The molecule has 0 heterocycles. The molecule has 2 amide bonds. The van der Waals surface area contributed by atoms with Gasteiger partial charge in [0.15, 0.2) is 0 Å². The van der Waals surface area contributed by atoms with Crippen molar-refractivity contribution in [2.24, 2.45) is 0 Å². The van der Waals surface area contributed by atoms with E-state index in [2.05, 4.69) is 52.1 Å². The molecule has 1 aliphatic carbocycles. The maximum absolute atomic E-state index is 12.5. The number of esters is 1. The lowest BCUT2D eigenvalue weighted by Crippen LogP contribution is -2.32. The SMILES string of the molecule is C=C(C)C(=O)OCCNC(=O)Nc1cc(-c2ccc(O)c(NCC(O)COc3ccc(C4(c5ccc(OCC(O)CNc6cc(-c7ccc(O)c(N)c7)ccc6O)cc5)c5ccccc5-c5ccccc54)cc3)c2)ccc1O. The summed E-state index contributed by atoms with van der Waals surface area (Å²) < 4.78 is 17.2. The van der Waals surface area contributed by atoms with Crippen LogP contribution in [0.4, 0.5) is 27.5 Å². The number of anilines is 4. The number of aliphatic hydroxyl groups is 2. The van der Waals surface area contributed by atoms with Crippen molar-refractivity contribution in [2.45, 2.75) is 24.5 Å². The van der Waals surface area contributed by atoms with Gasteiger partial charge in [-0.15, -0.1) is 0 Å². The van der Waals surface area contributed by atoms with Crippen molar-refractivity contribution in [1.29, 1.82) is 0 Å². The average Bonchev–Trinajstić information content (AvgIpc) is 3.79. The molecule has 0 radical (unpaired) electrons. The number of amides is 2. The van der Waals surface area contributed by atoms with Gasteiger partial charge in [-0.3, -0.25) is 0 Å². The first-order valence-corrected chi connectivity index (χ1v) is 25.1. The maximum atomic E-state index is 12.5. The number of fused-ring (bicyclic) bond motifs is 3. The molecule has 78 heavy (non-hydrogen) atoms. The van der Waals surface area contributed by atoms with E-state index in [1.807, 2.05) is 72.8 Å². The van der Waals surface area contributed by atoms with Gasteiger partial charge < -0.3 is 71.9 Å². The molecule has 0 fully saturated rings. The summed E-state index contributed by atoms with van der Waals surface area (Å²) in [4.78, 5) is 24.1. The van der Waals surface area contributed by atoms with Crippen molar-refractivity contribution < 1.29 is 54.4 Å². The summed E-state index contributed by atoms with van der Waals surface area (Å²) in [5, 5.41) is 75.0. The first kappa shape index (κ1) is 53.2. The number of carbonyl (C=O) groups excluding carboxylic acids is 2. The Labute approximate surface area is 450 Å². The highest BCUT2D eigenvalue weighted by Crippen LogP contribution is 2.56. The number of hydrogen-bond donors (Lipinski definition) is 11. The molecule has 8 aromatic carbocycles. The van der Waals surface area contributed by atoms with Crippen LogP contribution in [0, 0.1) is 0 Å². The fourth-order valence-corrected chi connectivity index (χ4v) is 9.45. The standard InChI is InChI=1S/C62H59N5O11/c1-37(2)60(74)76-28-27-64-61(75)67-55-32-41(14-26-59(55)73)40-13-25-58(72)54(31-40)66-34-45(69)36-78-47-21-17-43(18-22-47)62(50-9-5-3-7-48(50)49-8-4-6-10-51(49)62)42-15-19-46(20-16-42)77-35-44(68)33-65-53-30-39(12-24-57(53)71)38-11-23-56(70)52(63)29-38/h3-26,29-32,44-45,65-66,68-73H,1,27-28,33-36,63H2,2H3,(H2,64,67,75). The van der Waals surface area contributed by atoms with Gasteiger partial charge in [-0.2, -0.15) is 0 Å². The molecule has 0 aromatic heterocycles. The summed E-state index contributed by atoms with van der Waals surface area (Å²) in [6, 6.07) is 51.2. The third-order valence-electron chi connectivity index (χ3n) is 13.4. The molecule has 0 saturated carbocycles. The van der Waals surface area contributed by atoms with E-state index in [1.165, 1.54) is 25.1 Å². The van der Waals surface area contributed by atoms with E-state index in [1.54, 1.807) is 54.6 Å². The van der Waals surface area contributed by atoms with Gasteiger partial charge in [0.25, 0.3) is 0 Å². The second-order valence-electron chi connectivity index (χ2n) is 18.8. The van der Waals surface area contributed by atoms with Crippen LogP contribution in [0.5, 0.6) is 34.5 Å². The first-order chi connectivity index (χ1) is 37.7. The van der Waals surface area contributed by atoms with Crippen molar-refractivity contribution in [3.63, 3.8) is 0 Å². The van der Waals surface area contributed by atoms with E-state index in [-0.39, 0.29) is 79.4 Å². The molecule has 0 aliphatic heterocycles. The molecule has 0 spiro atoms. The minimum Gasteiger partial charge on any atom is -0.506 e. The van der Waals surface area contributed by atoms with E-state index in [0.717, 1.165) is 44.5 Å². The first-order valence-electron chi connectivity index (χ1n) is 25.1. The molecule has 1 aliphatic rings. The smallest absolute Gasteiger partial charge is 0.333 e. The van der Waals surface area contributed by atoms with Gasteiger partial charge in [0.2, 0.25) is 0 Å². The zero-order chi connectivity index (χ0) is 54.9. The summed E-state index contributed by atoms with van der Waals surface area (Å²) in [7, 11) is 0. The van der Waals surface area contributed by atoms with Crippen LogP contribution >= 0.6 is 0 Å². The molecular formula is C62H59N5O11. The molecule has 12 N–H and O–H groups in total. The Bertz CT molecular complexity index is 3430.